The minimum Gasteiger partial charge on any atom is -0.492 e. The van der Waals surface area contributed by atoms with Crippen LogP contribution in [0.2, 0.25) is 0 Å². The molecule has 2 aromatic rings. The van der Waals surface area contributed by atoms with Crippen LogP contribution in [-0.4, -0.2) is 41.8 Å². The second kappa shape index (κ2) is 8.33. The van der Waals surface area contributed by atoms with Crippen LogP contribution in [0.15, 0.2) is 46.2 Å². The maximum atomic E-state index is 12.9. The molecule has 0 unspecified atom stereocenters. The van der Waals surface area contributed by atoms with Crippen LogP contribution in [0.1, 0.15) is 30.9 Å². The molecule has 0 bridgehead atoms. The molecule has 0 fully saturated rings. The number of hydrogen-bond donors (Lipinski definition) is 1. The van der Waals surface area contributed by atoms with Gasteiger partial charge < -0.3 is 4.74 Å². The zero-order chi connectivity index (χ0) is 21.2. The van der Waals surface area contributed by atoms with Gasteiger partial charge in [-0.3, -0.25) is 4.72 Å². The molecule has 9 heteroatoms. The van der Waals surface area contributed by atoms with Crippen molar-refractivity contribution < 1.29 is 21.6 Å². The van der Waals surface area contributed by atoms with E-state index in [-0.39, 0.29) is 27.8 Å². The Morgan fingerprint density at radius 1 is 0.966 bits per heavy atom. The van der Waals surface area contributed by atoms with Gasteiger partial charge in [0.05, 0.1) is 17.2 Å². The molecular weight excluding hydrogens is 412 g/mol. The number of nitrogens with one attached hydrogen (secondary N) is 1. The van der Waals surface area contributed by atoms with Crippen molar-refractivity contribution in [2.24, 2.45) is 0 Å². The first-order valence-electron chi connectivity index (χ1n) is 9.49. The van der Waals surface area contributed by atoms with Gasteiger partial charge in [0.2, 0.25) is 10.0 Å². The molecule has 1 N–H and O–H groups in total. The fourth-order valence-corrected chi connectivity index (χ4v) is 5.49. The van der Waals surface area contributed by atoms with Gasteiger partial charge in [0, 0.05) is 14.1 Å². The van der Waals surface area contributed by atoms with Crippen molar-refractivity contribution in [2.75, 3.05) is 25.4 Å². The highest BCUT2D eigenvalue weighted by Gasteiger charge is 2.24. The molecule has 158 valence electrons. The molecule has 0 saturated heterocycles. The highest BCUT2D eigenvalue weighted by Crippen LogP contribution is 2.31. The summed E-state index contributed by atoms with van der Waals surface area (Å²) in [6.07, 6.45) is 4.00. The van der Waals surface area contributed by atoms with Crippen molar-refractivity contribution in [3.8, 4) is 5.75 Å². The average Bonchev–Trinajstić information content (AvgIpc) is 2.68. The Kier molecular flexibility index (Phi) is 6.21. The Morgan fingerprint density at radius 2 is 1.66 bits per heavy atom. The topological polar surface area (TPSA) is 92.8 Å². The Balaban J connectivity index is 1.97. The summed E-state index contributed by atoms with van der Waals surface area (Å²) in [6, 6.07) is 9.42. The summed E-state index contributed by atoms with van der Waals surface area (Å²) in [5.74, 6) is 0.179. The molecule has 0 aromatic heterocycles. The van der Waals surface area contributed by atoms with Gasteiger partial charge in [0.25, 0.3) is 10.0 Å². The van der Waals surface area contributed by atoms with Crippen molar-refractivity contribution in [1.29, 1.82) is 0 Å². The number of nitrogens with zero attached hydrogens (tertiary/aromatic N) is 1. The van der Waals surface area contributed by atoms with E-state index in [2.05, 4.69) is 4.72 Å². The molecule has 1 aliphatic rings. The summed E-state index contributed by atoms with van der Waals surface area (Å²) in [4.78, 5) is 0.0824. The minimum atomic E-state index is -3.85. The maximum Gasteiger partial charge on any atom is 0.261 e. The van der Waals surface area contributed by atoms with E-state index in [4.69, 9.17) is 4.74 Å². The molecular formula is C20H26N2O5S2. The summed E-state index contributed by atoms with van der Waals surface area (Å²) in [6.45, 7) is 2.04. The van der Waals surface area contributed by atoms with Gasteiger partial charge in [-0.05, 0) is 74.1 Å². The van der Waals surface area contributed by atoms with Crippen LogP contribution in [-0.2, 0) is 32.9 Å². The van der Waals surface area contributed by atoms with Crippen molar-refractivity contribution in [1.82, 2.24) is 4.31 Å². The Hall–Kier alpha value is -2.10. The van der Waals surface area contributed by atoms with Crippen molar-refractivity contribution in [3.05, 3.63) is 47.5 Å². The number of rotatable bonds is 7. The van der Waals surface area contributed by atoms with Crippen LogP contribution in [0.3, 0.4) is 0 Å². The normalized spacial score (nSPS) is 14.5. The quantitative estimate of drug-likeness (QED) is 0.717. The van der Waals surface area contributed by atoms with Crippen LogP contribution in [0, 0.1) is 0 Å². The Labute approximate surface area is 172 Å². The molecule has 2 aromatic carbocycles. The van der Waals surface area contributed by atoms with Crippen LogP contribution >= 0.6 is 0 Å². The number of hydrogen-bond acceptors (Lipinski definition) is 5. The van der Waals surface area contributed by atoms with Gasteiger partial charge in [-0.1, -0.05) is 6.07 Å². The zero-order valence-electron chi connectivity index (χ0n) is 16.8. The molecule has 29 heavy (non-hydrogen) atoms. The lowest BCUT2D eigenvalue weighted by molar-refractivity contribution is 0.330. The lowest BCUT2D eigenvalue weighted by atomic mass is 9.92. The molecule has 7 nitrogen and oxygen atoms in total. The average molecular weight is 439 g/mol. The molecule has 0 radical (unpaired) electrons. The van der Waals surface area contributed by atoms with E-state index < -0.39 is 20.0 Å². The number of fused-ring (bicyclic) bond motifs is 1. The molecule has 0 amide bonds. The smallest absolute Gasteiger partial charge is 0.261 e. The second-order valence-electron chi connectivity index (χ2n) is 7.13. The predicted octanol–water partition coefficient (Wildman–Crippen LogP) is 3.02. The van der Waals surface area contributed by atoms with Gasteiger partial charge >= 0.3 is 0 Å². The van der Waals surface area contributed by atoms with Gasteiger partial charge in [0.15, 0.2) is 0 Å². The van der Waals surface area contributed by atoms with E-state index >= 15 is 0 Å². The zero-order valence-corrected chi connectivity index (χ0v) is 18.4. The third kappa shape index (κ3) is 4.57. The number of sulfonamides is 2. The SMILES string of the molecule is CCOc1ccc(NS(=O)(=O)c2ccc3c(c2)CCCC3)cc1S(=O)(=O)N(C)C. The Morgan fingerprint density at radius 3 is 2.31 bits per heavy atom. The highest BCUT2D eigenvalue weighted by molar-refractivity contribution is 7.92. The number of anilines is 1. The predicted molar refractivity (Wildman–Crippen MR) is 112 cm³/mol. The van der Waals surface area contributed by atoms with E-state index in [9.17, 15) is 16.8 Å². The first kappa shape index (κ1) is 21.6. The van der Waals surface area contributed by atoms with Gasteiger partial charge in [-0.25, -0.2) is 21.1 Å². The van der Waals surface area contributed by atoms with Gasteiger partial charge in [-0.15, -0.1) is 0 Å². The molecule has 0 spiro atoms. The van der Waals surface area contributed by atoms with Gasteiger partial charge in [0.1, 0.15) is 10.6 Å². The van der Waals surface area contributed by atoms with Crippen molar-refractivity contribution in [3.63, 3.8) is 0 Å². The van der Waals surface area contributed by atoms with E-state index in [0.717, 1.165) is 35.6 Å². The minimum absolute atomic E-state index is 0.0880. The second-order valence-corrected chi connectivity index (χ2v) is 10.9. The monoisotopic (exact) mass is 438 g/mol. The lowest BCUT2D eigenvalue weighted by Gasteiger charge is -2.18. The van der Waals surface area contributed by atoms with Crippen LogP contribution < -0.4 is 9.46 Å². The van der Waals surface area contributed by atoms with Gasteiger partial charge in [-0.2, -0.15) is 0 Å². The highest BCUT2D eigenvalue weighted by atomic mass is 32.2. The third-order valence-electron chi connectivity index (χ3n) is 4.88. The molecule has 0 heterocycles. The van der Waals surface area contributed by atoms with Crippen LogP contribution in [0.25, 0.3) is 0 Å². The summed E-state index contributed by atoms with van der Waals surface area (Å²) in [5.41, 5.74) is 2.41. The fourth-order valence-electron chi connectivity index (χ4n) is 3.34. The summed E-state index contributed by atoms with van der Waals surface area (Å²) < 4.78 is 60.1. The van der Waals surface area contributed by atoms with Crippen molar-refractivity contribution >= 4 is 25.7 Å². The molecule has 0 saturated carbocycles. The maximum absolute atomic E-state index is 12.9. The lowest BCUT2D eigenvalue weighted by Crippen LogP contribution is -2.23. The molecule has 1 aliphatic carbocycles. The first-order chi connectivity index (χ1) is 13.6. The number of aryl methyl sites for hydroxylation is 2. The molecule has 0 aliphatic heterocycles. The van der Waals surface area contributed by atoms with E-state index in [1.807, 2.05) is 6.07 Å². The van der Waals surface area contributed by atoms with E-state index in [1.165, 1.54) is 37.9 Å². The summed E-state index contributed by atoms with van der Waals surface area (Å²) in [7, 11) is -4.84. The third-order valence-corrected chi connectivity index (χ3v) is 8.10. The largest absolute Gasteiger partial charge is 0.492 e. The summed E-state index contributed by atoms with van der Waals surface area (Å²) in [5, 5.41) is 0. The van der Waals surface area contributed by atoms with E-state index in [1.54, 1.807) is 19.1 Å². The van der Waals surface area contributed by atoms with Crippen molar-refractivity contribution in [2.45, 2.75) is 42.4 Å². The molecule has 3 rings (SSSR count). The number of ether oxygens (including phenoxy) is 1. The van der Waals surface area contributed by atoms with Crippen LogP contribution in [0.4, 0.5) is 5.69 Å². The standard InChI is InChI=1S/C20H26N2O5S2/c1-4-27-19-12-10-17(14-20(19)29(25,26)22(2)3)21-28(23,24)18-11-9-15-7-5-6-8-16(15)13-18/h9-14,21H,4-8H2,1-3H3. The van der Waals surface area contributed by atoms with E-state index in [0.29, 0.717) is 0 Å². The van der Waals surface area contributed by atoms with Crippen LogP contribution in [0.5, 0.6) is 5.75 Å². The fraction of sp³-hybridized carbons (Fsp3) is 0.400. The Bertz CT molecular complexity index is 1110. The summed E-state index contributed by atoms with van der Waals surface area (Å²) >= 11 is 0. The molecule has 0 atom stereocenters. The number of benzene rings is 2. The first-order valence-corrected chi connectivity index (χ1v) is 12.4.